The predicted octanol–water partition coefficient (Wildman–Crippen LogP) is 15.0. The molecule has 60 heavy (non-hydrogen) atoms. The highest BCUT2D eigenvalue weighted by Gasteiger charge is 2.16. The van der Waals surface area contributed by atoms with Crippen LogP contribution in [0.3, 0.4) is 0 Å². The van der Waals surface area contributed by atoms with Gasteiger partial charge < -0.3 is 25.4 Å². The molecule has 1 unspecified atom stereocenters. The van der Waals surface area contributed by atoms with Crippen molar-refractivity contribution in [1.82, 2.24) is 0 Å². The van der Waals surface area contributed by atoms with Crippen LogP contribution in [0.4, 0.5) is 0 Å². The standard InChI is InChI=1S/C40H33N3O2.C8H12.C7H8/c1-3-24(2)29(25-10-6-4-7-11-25)21-34(41)27-14-16-37-30(18-27)32-20-33-31-19-28(15-17-38(31)45-40(33)23-39(32)44-37)36(43)22-35(42)26-12-8-5-9-13-26;1-4-6-8(3)7-5-2;1-7-5-3-2-4-6-7/h4-24,41-42H,3,43H2,1-2H3;4-7H,1H2,2-3H3;2-6H,1H3/b29-21+,36-22-,41-34?,42-35?;7-5-,8-6-;. The number of hydrogen-bond acceptors (Lipinski definition) is 5. The minimum Gasteiger partial charge on any atom is -0.456 e. The van der Waals surface area contributed by atoms with Crippen LogP contribution in [0.1, 0.15) is 61.9 Å². The van der Waals surface area contributed by atoms with Crippen LogP contribution in [0.2, 0.25) is 0 Å². The highest BCUT2D eigenvalue weighted by atomic mass is 16.3. The van der Waals surface area contributed by atoms with Gasteiger partial charge in [-0.1, -0.05) is 147 Å². The fraction of sp³-hybridized carbons (Fsp3) is 0.127. The third-order valence-electron chi connectivity index (χ3n) is 10.4. The van der Waals surface area contributed by atoms with Crippen molar-refractivity contribution >= 4 is 66.6 Å². The minimum atomic E-state index is 0.326. The van der Waals surface area contributed by atoms with Crippen LogP contribution in [-0.4, -0.2) is 11.4 Å². The molecule has 5 heteroatoms. The van der Waals surface area contributed by atoms with Crippen molar-refractivity contribution in [3.8, 4) is 0 Å². The molecule has 4 N–H and O–H groups in total. The zero-order valence-corrected chi connectivity index (χ0v) is 35.1. The molecule has 0 spiro atoms. The molecule has 0 saturated heterocycles. The maximum absolute atomic E-state index is 9.04. The van der Waals surface area contributed by atoms with Gasteiger partial charge in [-0.05, 0) is 110 Å². The van der Waals surface area contributed by atoms with Gasteiger partial charge in [-0.25, -0.2) is 0 Å². The van der Waals surface area contributed by atoms with Crippen LogP contribution in [-0.2, 0) is 0 Å². The maximum Gasteiger partial charge on any atom is 0.139 e. The second-order valence-corrected chi connectivity index (χ2v) is 14.8. The van der Waals surface area contributed by atoms with E-state index in [9.17, 15) is 0 Å². The molecular formula is C55H53N3O2. The Kier molecular flexibility index (Phi) is 14.1. The van der Waals surface area contributed by atoms with Gasteiger partial charge in [-0.15, -0.1) is 0 Å². The number of aryl methyl sites for hydroxylation is 1. The Morgan fingerprint density at radius 2 is 1.13 bits per heavy atom. The topological polar surface area (TPSA) is 100 Å². The summed E-state index contributed by atoms with van der Waals surface area (Å²) in [4.78, 5) is 0. The third-order valence-corrected chi connectivity index (χ3v) is 10.4. The second-order valence-electron chi connectivity index (χ2n) is 14.8. The first-order valence-electron chi connectivity index (χ1n) is 20.3. The molecule has 2 aromatic heterocycles. The summed E-state index contributed by atoms with van der Waals surface area (Å²) in [6.45, 7) is 14.1. The average Bonchev–Trinajstić information content (AvgIpc) is 3.82. The zero-order valence-electron chi connectivity index (χ0n) is 35.1. The van der Waals surface area contributed by atoms with E-state index >= 15 is 0 Å². The lowest BCUT2D eigenvalue weighted by Gasteiger charge is -2.15. The molecule has 8 aromatic rings. The highest BCUT2D eigenvalue weighted by molar-refractivity contribution is 6.18. The normalized spacial score (nSPS) is 12.6. The summed E-state index contributed by atoms with van der Waals surface area (Å²) >= 11 is 0. The first kappa shape index (κ1) is 42.4. The molecule has 8 rings (SSSR count). The predicted molar refractivity (Wildman–Crippen MR) is 257 cm³/mol. The minimum absolute atomic E-state index is 0.326. The quantitative estimate of drug-likeness (QED) is 0.0950. The summed E-state index contributed by atoms with van der Waals surface area (Å²) in [5.74, 6) is 0.326. The van der Waals surface area contributed by atoms with Crippen LogP contribution in [0.15, 0.2) is 197 Å². The number of nitrogens with one attached hydrogen (secondary N) is 2. The smallest absolute Gasteiger partial charge is 0.139 e. The van der Waals surface area contributed by atoms with Crippen LogP contribution in [0, 0.1) is 23.7 Å². The van der Waals surface area contributed by atoms with Crippen molar-refractivity contribution in [2.45, 2.75) is 41.0 Å². The number of rotatable bonds is 10. The third kappa shape index (κ3) is 10.2. The van der Waals surface area contributed by atoms with E-state index in [1.807, 2.05) is 141 Å². The van der Waals surface area contributed by atoms with Crippen molar-refractivity contribution < 1.29 is 8.83 Å². The van der Waals surface area contributed by atoms with Crippen molar-refractivity contribution in [2.75, 3.05) is 0 Å². The molecule has 1 atom stereocenters. The zero-order chi connectivity index (χ0) is 42.6. The summed E-state index contributed by atoms with van der Waals surface area (Å²) < 4.78 is 12.5. The second kappa shape index (κ2) is 20.0. The van der Waals surface area contributed by atoms with Crippen LogP contribution in [0.25, 0.3) is 55.1 Å². The van der Waals surface area contributed by atoms with Crippen LogP contribution >= 0.6 is 0 Å². The monoisotopic (exact) mass is 787 g/mol. The molecule has 0 fully saturated rings. The van der Waals surface area contributed by atoms with Crippen molar-refractivity contribution in [3.05, 3.63) is 216 Å². The van der Waals surface area contributed by atoms with E-state index in [-0.39, 0.29) is 0 Å². The maximum atomic E-state index is 9.04. The number of furan rings is 2. The molecular weight excluding hydrogens is 735 g/mol. The number of fused-ring (bicyclic) bond motifs is 6. The van der Waals surface area contributed by atoms with Gasteiger partial charge in [-0.2, -0.15) is 0 Å². The van der Waals surface area contributed by atoms with E-state index in [4.69, 9.17) is 25.4 Å². The Labute approximate surface area is 353 Å². The van der Waals surface area contributed by atoms with Gasteiger partial charge >= 0.3 is 0 Å². The van der Waals surface area contributed by atoms with Gasteiger partial charge in [0.25, 0.3) is 0 Å². The Balaban J connectivity index is 0.000000340. The lowest BCUT2D eigenvalue weighted by Crippen LogP contribution is -2.02. The largest absolute Gasteiger partial charge is 0.456 e. The van der Waals surface area contributed by atoms with E-state index in [0.717, 1.165) is 78.1 Å². The summed E-state index contributed by atoms with van der Waals surface area (Å²) in [5.41, 5.74) is 18.1. The molecule has 0 saturated carbocycles. The highest BCUT2D eigenvalue weighted by Crippen LogP contribution is 2.38. The molecule has 5 nitrogen and oxygen atoms in total. The van der Waals surface area contributed by atoms with E-state index in [0.29, 0.717) is 23.0 Å². The lowest BCUT2D eigenvalue weighted by atomic mass is 9.90. The molecule has 0 aliphatic heterocycles. The lowest BCUT2D eigenvalue weighted by molar-refractivity contribution is 0.656. The van der Waals surface area contributed by atoms with E-state index in [1.165, 1.54) is 11.1 Å². The molecule has 0 aliphatic rings. The number of hydrogen-bond donors (Lipinski definition) is 3. The first-order chi connectivity index (χ1) is 29.1. The van der Waals surface area contributed by atoms with Gasteiger partial charge in [0.05, 0.1) is 11.4 Å². The summed E-state index contributed by atoms with van der Waals surface area (Å²) in [6.07, 6.45) is 12.5. The van der Waals surface area contributed by atoms with E-state index < -0.39 is 0 Å². The molecule has 300 valence electrons. The number of nitrogens with two attached hydrogens (primary N) is 1. The van der Waals surface area contributed by atoms with Crippen molar-refractivity contribution in [2.24, 2.45) is 11.7 Å². The fourth-order valence-electron chi connectivity index (χ4n) is 6.97. The average molecular weight is 788 g/mol. The Morgan fingerprint density at radius 1 is 0.633 bits per heavy atom. The van der Waals surface area contributed by atoms with Crippen LogP contribution < -0.4 is 5.73 Å². The van der Waals surface area contributed by atoms with Crippen molar-refractivity contribution in [3.63, 3.8) is 0 Å². The molecule has 0 amide bonds. The Morgan fingerprint density at radius 3 is 1.65 bits per heavy atom. The van der Waals surface area contributed by atoms with Gasteiger partial charge in [-0.3, -0.25) is 0 Å². The summed E-state index contributed by atoms with van der Waals surface area (Å²) in [5, 5.41) is 21.3. The molecule has 2 heterocycles. The Hall–Kier alpha value is -7.24. The van der Waals surface area contributed by atoms with Gasteiger partial charge in [0.15, 0.2) is 0 Å². The van der Waals surface area contributed by atoms with Gasteiger partial charge in [0, 0.05) is 38.9 Å². The molecule has 0 radical (unpaired) electrons. The first-order valence-corrected chi connectivity index (χ1v) is 20.3. The number of allylic oxidation sites excluding steroid dienone is 8. The molecule has 6 aromatic carbocycles. The van der Waals surface area contributed by atoms with Gasteiger partial charge in [0.1, 0.15) is 22.3 Å². The molecule has 0 bridgehead atoms. The summed E-state index contributed by atoms with van der Waals surface area (Å²) in [7, 11) is 0. The van der Waals surface area contributed by atoms with Crippen LogP contribution in [0.5, 0.6) is 0 Å². The van der Waals surface area contributed by atoms with Gasteiger partial charge in [0.2, 0.25) is 0 Å². The number of benzene rings is 6. The SMILES string of the molecule is C=C/C=C(C)\C=C/C.CCC(C)/C(=C\C(=N)c1ccc2oc3cc4oc5ccc(/C(N)=C/C(=N)c6ccccc6)cc5c4cc3c2c1)c1ccccc1.Cc1ccccc1. The summed E-state index contributed by atoms with van der Waals surface area (Å²) in [6, 6.07) is 46.0. The molecule has 0 aliphatic carbocycles. The van der Waals surface area contributed by atoms with E-state index in [2.05, 4.69) is 63.7 Å². The Bertz CT molecular complexity index is 2890. The van der Waals surface area contributed by atoms with E-state index in [1.54, 1.807) is 12.2 Å². The fourth-order valence-corrected chi connectivity index (χ4v) is 6.97. The van der Waals surface area contributed by atoms with Crippen molar-refractivity contribution in [1.29, 1.82) is 10.8 Å².